The van der Waals surface area contributed by atoms with Crippen LogP contribution in [0.5, 0.6) is 0 Å². The largest absolute Gasteiger partial charge is 0.462 e. The molecule has 0 saturated carbocycles. The second-order valence-corrected chi connectivity index (χ2v) is 4.93. The lowest BCUT2D eigenvalue weighted by Crippen LogP contribution is -2.19. The molecule has 0 aliphatic rings. The Bertz CT molecular complexity index is 698. The molecule has 2 aromatic rings. The number of thiophene rings is 1. The number of pyridine rings is 1. The van der Waals surface area contributed by atoms with Crippen LogP contribution in [0.3, 0.4) is 0 Å². The van der Waals surface area contributed by atoms with E-state index in [1.54, 1.807) is 11.5 Å². The molecule has 0 saturated heterocycles. The van der Waals surface area contributed by atoms with Crippen LogP contribution in [-0.4, -0.2) is 23.4 Å². The van der Waals surface area contributed by atoms with Gasteiger partial charge in [0.2, 0.25) is 5.43 Å². The number of ether oxygens (including phenoxy) is 1. The molecule has 2 rings (SSSR count). The minimum atomic E-state index is -0.629. The highest BCUT2D eigenvalue weighted by atomic mass is 32.1. The summed E-state index contributed by atoms with van der Waals surface area (Å²) in [5.74, 6) is -0.629. The van der Waals surface area contributed by atoms with Crippen LogP contribution in [0.1, 0.15) is 33.9 Å². The quantitative estimate of drug-likeness (QED) is 0.635. The van der Waals surface area contributed by atoms with Crippen LogP contribution in [0.4, 0.5) is 0 Å². The van der Waals surface area contributed by atoms with Crippen molar-refractivity contribution in [2.24, 2.45) is 0 Å². The summed E-state index contributed by atoms with van der Waals surface area (Å²) in [6.07, 6.45) is 2.20. The Morgan fingerprint density at radius 1 is 1.47 bits per heavy atom. The molecular formula is C13H13NO4S. The molecule has 2 heterocycles. The molecule has 19 heavy (non-hydrogen) atoms. The van der Waals surface area contributed by atoms with Crippen LogP contribution in [-0.2, 0) is 11.3 Å². The second-order valence-electron chi connectivity index (χ2n) is 3.86. The van der Waals surface area contributed by atoms with Gasteiger partial charge in [0.05, 0.1) is 16.9 Å². The first kappa shape index (κ1) is 13.5. The van der Waals surface area contributed by atoms with Crippen LogP contribution in [0.25, 0.3) is 10.2 Å². The average molecular weight is 279 g/mol. The fourth-order valence-corrected chi connectivity index (χ4v) is 2.85. The van der Waals surface area contributed by atoms with E-state index in [4.69, 9.17) is 4.74 Å². The Kier molecular flexibility index (Phi) is 3.80. The van der Waals surface area contributed by atoms with Crippen molar-refractivity contribution in [2.75, 3.05) is 6.61 Å². The predicted molar refractivity (Wildman–Crippen MR) is 73.1 cm³/mol. The number of rotatable bonds is 4. The summed E-state index contributed by atoms with van der Waals surface area (Å²) in [7, 11) is 0. The van der Waals surface area contributed by atoms with Crippen molar-refractivity contribution in [3.8, 4) is 0 Å². The van der Waals surface area contributed by atoms with E-state index in [0.29, 0.717) is 27.9 Å². The van der Waals surface area contributed by atoms with Gasteiger partial charge >= 0.3 is 5.97 Å². The molecule has 2 aromatic heterocycles. The molecule has 0 aliphatic heterocycles. The number of aldehydes is 1. The van der Waals surface area contributed by atoms with Gasteiger partial charge in [0.15, 0.2) is 6.29 Å². The predicted octanol–water partition coefficient (Wildman–Crippen LogP) is 2.07. The number of carbonyl (C=O) groups is 2. The third kappa shape index (κ3) is 2.31. The highest BCUT2D eigenvalue weighted by Crippen LogP contribution is 2.22. The standard InChI is InChI=1S/C13H13NO4S/c1-3-14-6-10(13(17)18-4-2)11(16)9-5-8(7-15)19-12(9)14/h5-7H,3-4H2,1-2H3. The summed E-state index contributed by atoms with van der Waals surface area (Å²) in [4.78, 5) is 36.0. The van der Waals surface area contributed by atoms with E-state index < -0.39 is 5.97 Å². The Morgan fingerprint density at radius 2 is 2.21 bits per heavy atom. The van der Waals surface area contributed by atoms with Crippen LogP contribution in [0, 0.1) is 0 Å². The molecule has 5 nitrogen and oxygen atoms in total. The van der Waals surface area contributed by atoms with Gasteiger partial charge in [0.25, 0.3) is 0 Å². The second kappa shape index (κ2) is 5.36. The lowest BCUT2D eigenvalue weighted by Gasteiger charge is -2.07. The van der Waals surface area contributed by atoms with E-state index in [1.807, 2.05) is 6.92 Å². The van der Waals surface area contributed by atoms with Gasteiger partial charge < -0.3 is 9.30 Å². The van der Waals surface area contributed by atoms with E-state index in [0.717, 1.165) is 0 Å². The fraction of sp³-hybridized carbons (Fsp3) is 0.308. The number of nitrogens with zero attached hydrogens (tertiary/aromatic N) is 1. The summed E-state index contributed by atoms with van der Waals surface area (Å²) in [5.41, 5.74) is -0.381. The first-order valence-electron chi connectivity index (χ1n) is 5.91. The van der Waals surface area contributed by atoms with Gasteiger partial charge in [-0.3, -0.25) is 9.59 Å². The summed E-state index contributed by atoms with van der Waals surface area (Å²) < 4.78 is 6.65. The normalized spacial score (nSPS) is 10.6. The number of hydrogen-bond donors (Lipinski definition) is 0. The molecule has 0 spiro atoms. The van der Waals surface area contributed by atoms with Gasteiger partial charge in [0.1, 0.15) is 10.4 Å². The maximum Gasteiger partial charge on any atom is 0.343 e. The van der Waals surface area contributed by atoms with Crippen molar-refractivity contribution in [3.63, 3.8) is 0 Å². The SMILES string of the molecule is CCOC(=O)c1cn(CC)c2sc(C=O)cc2c1=O. The number of hydrogen-bond acceptors (Lipinski definition) is 5. The number of fused-ring (bicyclic) bond motifs is 1. The number of aromatic nitrogens is 1. The van der Waals surface area contributed by atoms with Gasteiger partial charge in [0, 0.05) is 12.7 Å². The highest BCUT2D eigenvalue weighted by Gasteiger charge is 2.17. The lowest BCUT2D eigenvalue weighted by atomic mass is 10.2. The Morgan fingerprint density at radius 3 is 2.79 bits per heavy atom. The molecule has 0 atom stereocenters. The number of aryl methyl sites for hydroxylation is 1. The maximum absolute atomic E-state index is 12.2. The zero-order chi connectivity index (χ0) is 14.0. The summed E-state index contributed by atoms with van der Waals surface area (Å²) >= 11 is 1.24. The van der Waals surface area contributed by atoms with E-state index >= 15 is 0 Å². The third-order valence-corrected chi connectivity index (χ3v) is 3.82. The first-order chi connectivity index (χ1) is 9.12. The summed E-state index contributed by atoms with van der Waals surface area (Å²) in [6.45, 7) is 4.40. The van der Waals surface area contributed by atoms with Crippen LogP contribution < -0.4 is 5.43 Å². The molecule has 0 amide bonds. The molecule has 0 radical (unpaired) electrons. The Labute approximate surface area is 113 Å². The number of carbonyl (C=O) groups excluding carboxylic acids is 2. The summed E-state index contributed by atoms with van der Waals surface area (Å²) in [5, 5.41) is 0.388. The van der Waals surface area contributed by atoms with E-state index in [-0.39, 0.29) is 17.6 Å². The molecule has 0 fully saturated rings. The van der Waals surface area contributed by atoms with Gasteiger partial charge in [-0.05, 0) is 19.9 Å². The van der Waals surface area contributed by atoms with E-state index in [2.05, 4.69) is 0 Å². The molecule has 6 heteroatoms. The Hall–Kier alpha value is -1.95. The van der Waals surface area contributed by atoms with Crippen molar-refractivity contribution in [1.29, 1.82) is 0 Å². The molecule has 0 bridgehead atoms. The molecule has 0 aromatic carbocycles. The molecular weight excluding hydrogens is 266 g/mol. The van der Waals surface area contributed by atoms with Crippen molar-refractivity contribution in [2.45, 2.75) is 20.4 Å². The first-order valence-corrected chi connectivity index (χ1v) is 6.73. The number of esters is 1. The lowest BCUT2D eigenvalue weighted by molar-refractivity contribution is 0.0524. The topological polar surface area (TPSA) is 65.4 Å². The van der Waals surface area contributed by atoms with Gasteiger partial charge in [-0.2, -0.15) is 0 Å². The van der Waals surface area contributed by atoms with Gasteiger partial charge in [-0.15, -0.1) is 11.3 Å². The zero-order valence-corrected chi connectivity index (χ0v) is 11.5. The van der Waals surface area contributed by atoms with Crippen LogP contribution in [0.15, 0.2) is 17.1 Å². The maximum atomic E-state index is 12.2. The van der Waals surface area contributed by atoms with Gasteiger partial charge in [-0.25, -0.2) is 4.79 Å². The molecule has 0 N–H and O–H groups in total. The minimum Gasteiger partial charge on any atom is -0.462 e. The van der Waals surface area contributed by atoms with Gasteiger partial charge in [-0.1, -0.05) is 0 Å². The highest BCUT2D eigenvalue weighted by molar-refractivity contribution is 7.20. The van der Waals surface area contributed by atoms with Crippen LogP contribution >= 0.6 is 11.3 Å². The zero-order valence-electron chi connectivity index (χ0n) is 10.6. The summed E-state index contributed by atoms with van der Waals surface area (Å²) in [6, 6.07) is 1.52. The molecule has 0 aliphatic carbocycles. The van der Waals surface area contributed by atoms with E-state index in [1.165, 1.54) is 23.6 Å². The molecule has 0 unspecified atom stereocenters. The molecule has 100 valence electrons. The van der Waals surface area contributed by atoms with Crippen molar-refractivity contribution in [1.82, 2.24) is 4.57 Å². The Balaban J connectivity index is 2.74. The van der Waals surface area contributed by atoms with Crippen LogP contribution in [0.2, 0.25) is 0 Å². The minimum absolute atomic E-state index is 0.00597. The fourth-order valence-electron chi connectivity index (χ4n) is 1.84. The smallest absolute Gasteiger partial charge is 0.343 e. The average Bonchev–Trinajstić information content (AvgIpc) is 2.84. The third-order valence-electron chi connectivity index (χ3n) is 2.72. The van der Waals surface area contributed by atoms with E-state index in [9.17, 15) is 14.4 Å². The van der Waals surface area contributed by atoms with Crippen molar-refractivity contribution in [3.05, 3.63) is 32.9 Å². The van der Waals surface area contributed by atoms with Crippen molar-refractivity contribution >= 4 is 33.8 Å². The van der Waals surface area contributed by atoms with Crippen molar-refractivity contribution < 1.29 is 14.3 Å². The monoisotopic (exact) mass is 279 g/mol.